The summed E-state index contributed by atoms with van der Waals surface area (Å²) in [5.41, 5.74) is 4.05. The van der Waals surface area contributed by atoms with Gasteiger partial charge >= 0.3 is 0 Å². The fourth-order valence-electron chi connectivity index (χ4n) is 3.36. The van der Waals surface area contributed by atoms with Gasteiger partial charge in [-0.15, -0.1) is 5.10 Å². The second-order valence-electron chi connectivity index (χ2n) is 7.19. The number of thioether (sulfide) groups is 1. The monoisotopic (exact) mass is 445 g/mol. The summed E-state index contributed by atoms with van der Waals surface area (Å²) in [6, 6.07) is 6.10. The van der Waals surface area contributed by atoms with Crippen LogP contribution in [0.1, 0.15) is 31.4 Å². The molecular formula is C19H23N7O4S. The van der Waals surface area contributed by atoms with Crippen molar-refractivity contribution < 1.29 is 20.4 Å². The van der Waals surface area contributed by atoms with E-state index in [9.17, 15) is 20.4 Å². The second-order valence-corrected chi connectivity index (χ2v) is 8.25. The number of para-hydroxylation sites is 1. The topological polar surface area (TPSA) is 162 Å². The van der Waals surface area contributed by atoms with Crippen molar-refractivity contribution in [3.8, 4) is 5.75 Å². The number of benzene rings is 1. The van der Waals surface area contributed by atoms with Gasteiger partial charge < -0.3 is 20.4 Å². The molecule has 4 rings (SSSR count). The molecule has 0 spiro atoms. The lowest BCUT2D eigenvalue weighted by atomic mass is 10.2. The number of hydrazone groups is 1. The van der Waals surface area contributed by atoms with Crippen molar-refractivity contribution in [2.45, 2.75) is 49.3 Å². The smallest absolute Gasteiger partial charge is 0.191 e. The van der Waals surface area contributed by atoms with Crippen LogP contribution in [0.15, 0.2) is 34.5 Å². The van der Waals surface area contributed by atoms with Crippen molar-refractivity contribution in [3.05, 3.63) is 29.8 Å². The van der Waals surface area contributed by atoms with E-state index < -0.39 is 24.4 Å². The third kappa shape index (κ3) is 4.32. The van der Waals surface area contributed by atoms with E-state index in [2.05, 4.69) is 30.8 Å². The first-order chi connectivity index (χ1) is 15.0. The molecule has 1 aliphatic rings. The molecular weight excluding hydrogens is 422 g/mol. The highest BCUT2D eigenvalue weighted by atomic mass is 32.2. The van der Waals surface area contributed by atoms with Crippen LogP contribution in [0.25, 0.3) is 11.2 Å². The Kier molecular flexibility index (Phi) is 6.32. The molecule has 0 unspecified atom stereocenters. The predicted molar refractivity (Wildman–Crippen MR) is 115 cm³/mol. The normalized spacial score (nSPS) is 23.7. The highest BCUT2D eigenvalue weighted by Gasteiger charge is 2.43. The summed E-state index contributed by atoms with van der Waals surface area (Å²) in [5.74, 6) is 1.21. The SMILES string of the molecule is CCCSc1nc(N/N=C/c2ccccc2O)c2nnn([C@@H]3C[C@H](O)[C@@H](O)[C@H]3O)c2n1. The molecule has 2 heterocycles. The quantitative estimate of drug-likeness (QED) is 0.153. The number of rotatable bonds is 7. The van der Waals surface area contributed by atoms with Crippen LogP contribution in [-0.2, 0) is 0 Å². The third-order valence-corrected chi connectivity index (χ3v) is 6.04. The summed E-state index contributed by atoms with van der Waals surface area (Å²) < 4.78 is 1.41. The number of aromatic nitrogens is 5. The molecule has 5 N–H and O–H groups in total. The summed E-state index contributed by atoms with van der Waals surface area (Å²) in [7, 11) is 0. The van der Waals surface area contributed by atoms with E-state index in [0.29, 0.717) is 27.7 Å². The fraction of sp³-hybridized carbons (Fsp3) is 0.421. The van der Waals surface area contributed by atoms with Crippen molar-refractivity contribution in [3.63, 3.8) is 0 Å². The van der Waals surface area contributed by atoms with Crippen molar-refractivity contribution in [1.29, 1.82) is 0 Å². The number of aliphatic hydroxyl groups excluding tert-OH is 3. The van der Waals surface area contributed by atoms with Crippen molar-refractivity contribution in [2.24, 2.45) is 5.10 Å². The van der Waals surface area contributed by atoms with Crippen molar-refractivity contribution >= 4 is 35.0 Å². The number of nitrogens with one attached hydrogen (secondary N) is 1. The maximum Gasteiger partial charge on any atom is 0.191 e. The van der Waals surface area contributed by atoms with E-state index in [1.165, 1.54) is 22.7 Å². The predicted octanol–water partition coefficient (Wildman–Crippen LogP) is 0.902. The minimum absolute atomic E-state index is 0.0957. The van der Waals surface area contributed by atoms with E-state index in [1.807, 2.05) is 6.92 Å². The van der Waals surface area contributed by atoms with Crippen LogP contribution in [0.2, 0.25) is 0 Å². The maximum atomic E-state index is 10.3. The van der Waals surface area contributed by atoms with E-state index in [4.69, 9.17) is 0 Å². The van der Waals surface area contributed by atoms with Crippen LogP contribution >= 0.6 is 11.8 Å². The van der Waals surface area contributed by atoms with Gasteiger partial charge in [-0.25, -0.2) is 14.6 Å². The zero-order valence-corrected chi connectivity index (χ0v) is 17.5. The third-order valence-electron chi connectivity index (χ3n) is 4.98. The van der Waals surface area contributed by atoms with Gasteiger partial charge in [0.05, 0.1) is 18.4 Å². The van der Waals surface area contributed by atoms with Crippen LogP contribution in [-0.4, -0.2) is 75.7 Å². The lowest BCUT2D eigenvalue weighted by molar-refractivity contribution is -0.0253. The summed E-state index contributed by atoms with van der Waals surface area (Å²) >= 11 is 1.45. The molecule has 31 heavy (non-hydrogen) atoms. The summed E-state index contributed by atoms with van der Waals surface area (Å²) in [6.45, 7) is 2.05. The van der Waals surface area contributed by atoms with Crippen LogP contribution in [0, 0.1) is 0 Å². The summed E-state index contributed by atoms with van der Waals surface area (Å²) in [5, 5.41) is 52.9. The Bertz CT molecular complexity index is 1090. The van der Waals surface area contributed by atoms with Gasteiger partial charge in [-0.2, -0.15) is 5.10 Å². The molecule has 4 atom stereocenters. The van der Waals surface area contributed by atoms with Crippen LogP contribution in [0.3, 0.4) is 0 Å². The van der Waals surface area contributed by atoms with Gasteiger partial charge in [0.15, 0.2) is 22.1 Å². The highest BCUT2D eigenvalue weighted by Crippen LogP contribution is 2.33. The van der Waals surface area contributed by atoms with E-state index >= 15 is 0 Å². The van der Waals surface area contributed by atoms with E-state index in [0.717, 1.165) is 12.2 Å². The Morgan fingerprint density at radius 2 is 2.03 bits per heavy atom. The average Bonchev–Trinajstić information content (AvgIpc) is 3.30. The first kappa shape index (κ1) is 21.4. The maximum absolute atomic E-state index is 10.3. The molecule has 164 valence electrons. The molecule has 12 heteroatoms. The standard InChI is InChI=1S/C19H23N7O4S/c1-2-7-31-19-21-17(24-20-9-10-5-3-4-6-12(10)27)14-18(22-19)26(25-23-14)11-8-13(28)16(30)15(11)29/h3-6,9,11,13,15-16,27-30H,2,7-8H2,1H3,(H,21,22,24)/b20-9+/t11-,13+,15+,16-/m1/s1. The molecule has 1 aromatic carbocycles. The summed E-state index contributed by atoms with van der Waals surface area (Å²) in [4.78, 5) is 8.99. The fourth-order valence-corrected chi connectivity index (χ4v) is 4.05. The van der Waals surface area contributed by atoms with Crippen molar-refractivity contribution in [2.75, 3.05) is 11.2 Å². The van der Waals surface area contributed by atoms with Gasteiger partial charge in [-0.3, -0.25) is 5.43 Å². The number of aliphatic hydroxyl groups is 3. The summed E-state index contributed by atoms with van der Waals surface area (Å²) in [6.07, 6.45) is -1.01. The molecule has 0 aliphatic heterocycles. The first-order valence-corrected chi connectivity index (χ1v) is 10.8. The highest BCUT2D eigenvalue weighted by molar-refractivity contribution is 7.99. The molecule has 2 aromatic heterocycles. The van der Waals surface area contributed by atoms with Crippen LogP contribution < -0.4 is 5.43 Å². The molecule has 3 aromatic rings. The number of fused-ring (bicyclic) bond motifs is 1. The number of hydrogen-bond acceptors (Lipinski definition) is 11. The van der Waals surface area contributed by atoms with E-state index in [-0.39, 0.29) is 12.2 Å². The molecule has 0 amide bonds. The number of aromatic hydroxyl groups is 1. The lowest BCUT2D eigenvalue weighted by Crippen LogP contribution is -2.31. The molecule has 0 bridgehead atoms. The molecule has 0 radical (unpaired) electrons. The molecule has 1 saturated carbocycles. The van der Waals surface area contributed by atoms with Gasteiger partial charge in [0.2, 0.25) is 0 Å². The van der Waals surface area contributed by atoms with E-state index in [1.54, 1.807) is 24.3 Å². The number of anilines is 1. The zero-order valence-electron chi connectivity index (χ0n) is 16.7. The average molecular weight is 446 g/mol. The minimum Gasteiger partial charge on any atom is -0.507 e. The van der Waals surface area contributed by atoms with Gasteiger partial charge in [0.1, 0.15) is 18.0 Å². The molecule has 11 nitrogen and oxygen atoms in total. The Morgan fingerprint density at radius 3 is 2.74 bits per heavy atom. The van der Waals surface area contributed by atoms with Crippen LogP contribution in [0.5, 0.6) is 5.75 Å². The Labute approximate surface area is 181 Å². The largest absolute Gasteiger partial charge is 0.507 e. The number of nitrogens with zero attached hydrogens (tertiary/aromatic N) is 6. The minimum atomic E-state index is -1.26. The Balaban J connectivity index is 1.69. The Morgan fingerprint density at radius 1 is 1.23 bits per heavy atom. The second kappa shape index (κ2) is 9.14. The van der Waals surface area contributed by atoms with Gasteiger partial charge in [-0.1, -0.05) is 36.0 Å². The number of phenols is 1. The number of hydrogen-bond donors (Lipinski definition) is 5. The first-order valence-electron chi connectivity index (χ1n) is 9.86. The van der Waals surface area contributed by atoms with Gasteiger partial charge in [0, 0.05) is 17.7 Å². The van der Waals surface area contributed by atoms with Crippen LogP contribution in [0.4, 0.5) is 5.82 Å². The molecule has 1 fully saturated rings. The van der Waals surface area contributed by atoms with Crippen molar-refractivity contribution in [1.82, 2.24) is 25.0 Å². The lowest BCUT2D eigenvalue weighted by Gasteiger charge is -2.16. The molecule has 0 saturated heterocycles. The Hall–Kier alpha value is -2.80. The van der Waals surface area contributed by atoms with Gasteiger partial charge in [-0.05, 0) is 18.6 Å². The molecule has 1 aliphatic carbocycles. The zero-order chi connectivity index (χ0) is 22.0. The van der Waals surface area contributed by atoms with Gasteiger partial charge in [0.25, 0.3) is 0 Å². The number of phenolic OH excluding ortho intramolecular Hbond substituents is 1.